The minimum atomic E-state index is -1.37. The van der Waals surface area contributed by atoms with Crippen LogP contribution in [0.2, 0.25) is 0 Å². The molecule has 5 N–H and O–H groups in total. The molecule has 0 spiro atoms. The Hall–Kier alpha value is -1.47. The zero-order valence-corrected chi connectivity index (χ0v) is 13.8. The van der Waals surface area contributed by atoms with E-state index in [4.69, 9.17) is 0 Å². The Morgan fingerprint density at radius 3 is 2.17 bits per heavy atom. The first-order valence-electron chi connectivity index (χ1n) is 7.79. The number of hydrogen-bond acceptors (Lipinski definition) is 5. The highest BCUT2D eigenvalue weighted by atomic mass is 16.4. The van der Waals surface area contributed by atoms with Crippen molar-refractivity contribution in [3.8, 4) is 0 Å². The van der Waals surface area contributed by atoms with Gasteiger partial charge in [0.25, 0.3) is 0 Å². The van der Waals surface area contributed by atoms with Gasteiger partial charge in [-0.1, -0.05) is 45.0 Å². The van der Waals surface area contributed by atoms with Crippen molar-refractivity contribution in [2.45, 2.75) is 57.1 Å². The van der Waals surface area contributed by atoms with Gasteiger partial charge in [-0.15, -0.1) is 0 Å². The highest BCUT2D eigenvalue weighted by Crippen LogP contribution is 2.22. The molecule has 6 nitrogen and oxygen atoms in total. The predicted molar refractivity (Wildman–Crippen MR) is 88.3 cm³/mol. The van der Waals surface area contributed by atoms with Gasteiger partial charge < -0.3 is 25.7 Å². The summed E-state index contributed by atoms with van der Waals surface area (Å²) in [6.07, 6.45) is -3.89. The summed E-state index contributed by atoms with van der Waals surface area (Å²) in [6.45, 7) is 6.42. The number of nitrogens with zero attached hydrogens (tertiary/aromatic N) is 1. The second-order valence-electron chi connectivity index (χ2n) is 7.01. The normalized spacial score (nSPS) is 30.3. The maximum Gasteiger partial charge on any atom is 0.139 e. The topological polar surface area (TPSA) is 105 Å². The molecule has 0 saturated carbocycles. The molecule has 1 aromatic rings. The average molecular weight is 322 g/mol. The van der Waals surface area contributed by atoms with Gasteiger partial charge in [-0.25, -0.2) is 0 Å². The van der Waals surface area contributed by atoms with E-state index in [1.807, 2.05) is 12.1 Å². The molecule has 1 saturated heterocycles. The van der Waals surface area contributed by atoms with Crippen LogP contribution in [0.25, 0.3) is 0 Å². The molecular weight excluding hydrogens is 296 g/mol. The van der Waals surface area contributed by atoms with Crippen molar-refractivity contribution in [3.05, 3.63) is 35.4 Å². The van der Waals surface area contributed by atoms with Crippen molar-refractivity contribution in [1.29, 1.82) is 0 Å². The number of aliphatic imine (C=N–C) groups is 1. The third kappa shape index (κ3) is 4.09. The van der Waals surface area contributed by atoms with E-state index in [-0.39, 0.29) is 17.9 Å². The van der Waals surface area contributed by atoms with Crippen LogP contribution in [0, 0.1) is 0 Å². The van der Waals surface area contributed by atoms with Crippen molar-refractivity contribution in [3.63, 3.8) is 0 Å². The van der Waals surface area contributed by atoms with Crippen LogP contribution in [-0.2, 0) is 12.0 Å². The minimum Gasteiger partial charge on any atom is -0.394 e. The molecule has 1 aromatic carbocycles. The van der Waals surface area contributed by atoms with E-state index in [1.165, 1.54) is 5.56 Å². The molecule has 1 heterocycles. The van der Waals surface area contributed by atoms with Crippen LogP contribution in [0.1, 0.15) is 31.9 Å². The largest absolute Gasteiger partial charge is 0.394 e. The zero-order chi connectivity index (χ0) is 17.2. The fraction of sp³-hybridized carbons (Fsp3) is 0.588. The van der Waals surface area contributed by atoms with E-state index >= 15 is 0 Å². The Morgan fingerprint density at radius 2 is 1.65 bits per heavy atom. The van der Waals surface area contributed by atoms with Crippen LogP contribution in [0.5, 0.6) is 0 Å². The molecule has 1 fully saturated rings. The molecule has 1 aliphatic rings. The third-order valence-electron chi connectivity index (χ3n) is 4.15. The number of amidine groups is 1. The summed E-state index contributed by atoms with van der Waals surface area (Å²) in [4.78, 5) is 4.28. The van der Waals surface area contributed by atoms with Crippen molar-refractivity contribution >= 4 is 5.84 Å². The van der Waals surface area contributed by atoms with Crippen molar-refractivity contribution in [2.75, 3.05) is 6.61 Å². The number of rotatable bonds is 3. The molecule has 0 aromatic heterocycles. The van der Waals surface area contributed by atoms with Crippen LogP contribution in [0.4, 0.5) is 0 Å². The summed E-state index contributed by atoms with van der Waals surface area (Å²) < 4.78 is 0. The molecule has 2 rings (SSSR count). The minimum absolute atomic E-state index is 0.0835. The molecule has 128 valence electrons. The van der Waals surface area contributed by atoms with E-state index in [2.05, 4.69) is 43.2 Å². The second-order valence-corrected chi connectivity index (χ2v) is 7.01. The van der Waals surface area contributed by atoms with Crippen molar-refractivity contribution in [2.24, 2.45) is 4.99 Å². The molecule has 0 amide bonds. The molecule has 6 heteroatoms. The monoisotopic (exact) mass is 322 g/mol. The molecular formula is C17H26N2O4. The highest BCUT2D eigenvalue weighted by Gasteiger charge is 2.39. The van der Waals surface area contributed by atoms with Crippen molar-refractivity contribution < 1.29 is 20.4 Å². The van der Waals surface area contributed by atoms with Gasteiger partial charge in [0.05, 0.1) is 19.2 Å². The van der Waals surface area contributed by atoms with Crippen LogP contribution in [-0.4, -0.2) is 57.2 Å². The summed E-state index contributed by atoms with van der Waals surface area (Å²) in [7, 11) is 0. The first-order valence-corrected chi connectivity index (χ1v) is 7.79. The van der Waals surface area contributed by atoms with Gasteiger partial charge in [0, 0.05) is 0 Å². The number of hydrogen-bond donors (Lipinski definition) is 5. The Labute approximate surface area is 136 Å². The second kappa shape index (κ2) is 6.97. The average Bonchev–Trinajstić information content (AvgIpc) is 2.51. The number of piperidine rings is 1. The van der Waals surface area contributed by atoms with Gasteiger partial charge in [0.15, 0.2) is 0 Å². The summed E-state index contributed by atoms with van der Waals surface area (Å²) in [6, 6.07) is 7.32. The first kappa shape index (κ1) is 17.9. The standard InChI is InChI=1S/C17H26N2O4/c1-17(2,3)11-6-4-10(5-7-11)8-18-16-15(23)14(22)13(21)12(9-20)19-16/h4-7,12-15,20-23H,8-9H2,1-3H3,(H,18,19)/t12-,13+,14+,15-/m1/s1. The van der Waals surface area contributed by atoms with E-state index in [0.29, 0.717) is 6.54 Å². The maximum atomic E-state index is 9.97. The summed E-state index contributed by atoms with van der Waals surface area (Å²) in [5.74, 6) is 0.182. The maximum absolute atomic E-state index is 9.97. The Balaban J connectivity index is 2.09. The number of aliphatic hydroxyl groups is 4. The lowest BCUT2D eigenvalue weighted by Gasteiger charge is -2.36. The smallest absolute Gasteiger partial charge is 0.139 e. The van der Waals surface area contributed by atoms with Crippen LogP contribution in [0.3, 0.4) is 0 Å². The van der Waals surface area contributed by atoms with Gasteiger partial charge in [-0.05, 0) is 16.5 Å². The zero-order valence-electron chi connectivity index (χ0n) is 13.8. The SMILES string of the molecule is CC(C)(C)c1ccc(CN=C2N[C@H](CO)[C@H](O)[C@H](O)[C@H]2O)cc1. The quantitative estimate of drug-likeness (QED) is 0.536. The lowest BCUT2D eigenvalue weighted by molar-refractivity contribution is -0.0681. The molecule has 0 radical (unpaired) electrons. The van der Waals surface area contributed by atoms with Gasteiger partial charge in [-0.3, -0.25) is 4.99 Å². The van der Waals surface area contributed by atoms with Crippen LogP contribution < -0.4 is 5.32 Å². The molecule has 1 aliphatic heterocycles. The highest BCUT2D eigenvalue weighted by molar-refractivity contribution is 5.88. The summed E-state index contributed by atoms with van der Waals surface area (Å²) >= 11 is 0. The summed E-state index contributed by atoms with van der Waals surface area (Å²) in [5, 5.41) is 41.5. The summed E-state index contributed by atoms with van der Waals surface area (Å²) in [5.41, 5.74) is 2.28. The van der Waals surface area contributed by atoms with E-state index in [1.54, 1.807) is 0 Å². The van der Waals surface area contributed by atoms with Gasteiger partial charge in [0.2, 0.25) is 0 Å². The first-order chi connectivity index (χ1) is 10.7. The predicted octanol–water partition coefficient (Wildman–Crippen LogP) is -0.0706. The number of benzene rings is 1. The molecule has 0 unspecified atom stereocenters. The van der Waals surface area contributed by atoms with E-state index < -0.39 is 24.4 Å². The lowest BCUT2D eigenvalue weighted by atomic mass is 9.87. The van der Waals surface area contributed by atoms with E-state index in [9.17, 15) is 20.4 Å². The molecule has 0 bridgehead atoms. The van der Waals surface area contributed by atoms with Gasteiger partial charge in [0.1, 0.15) is 24.1 Å². The number of aliphatic hydroxyl groups excluding tert-OH is 4. The molecule has 4 atom stereocenters. The van der Waals surface area contributed by atoms with Crippen LogP contribution >= 0.6 is 0 Å². The number of nitrogens with one attached hydrogen (secondary N) is 1. The fourth-order valence-corrected chi connectivity index (χ4v) is 2.53. The Morgan fingerprint density at radius 1 is 1.04 bits per heavy atom. The third-order valence-corrected chi connectivity index (χ3v) is 4.15. The van der Waals surface area contributed by atoms with Crippen LogP contribution in [0.15, 0.2) is 29.3 Å². The fourth-order valence-electron chi connectivity index (χ4n) is 2.53. The van der Waals surface area contributed by atoms with E-state index in [0.717, 1.165) is 5.56 Å². The van der Waals surface area contributed by atoms with Crippen molar-refractivity contribution in [1.82, 2.24) is 5.32 Å². The Kier molecular flexibility index (Phi) is 5.41. The van der Waals surface area contributed by atoms with Gasteiger partial charge >= 0.3 is 0 Å². The lowest BCUT2D eigenvalue weighted by Crippen LogP contribution is -2.63. The molecule has 0 aliphatic carbocycles. The Bertz CT molecular complexity index is 549. The van der Waals surface area contributed by atoms with Gasteiger partial charge in [-0.2, -0.15) is 0 Å². The molecule has 23 heavy (non-hydrogen) atoms.